The van der Waals surface area contributed by atoms with Gasteiger partial charge in [0.25, 0.3) is 21.5 Å². The number of ether oxygens (including phenoxy) is 1. The molecule has 0 bridgehead atoms. The number of aromatic amines is 1. The molecule has 1 atom stereocenters. The Balaban J connectivity index is 1.72. The van der Waals surface area contributed by atoms with Crippen LogP contribution < -0.4 is 19.9 Å². The third-order valence-electron chi connectivity index (χ3n) is 6.71. The van der Waals surface area contributed by atoms with E-state index in [0.29, 0.717) is 42.5 Å². The highest BCUT2D eigenvalue weighted by Gasteiger charge is 2.41. The number of H-pyrrole nitrogens is 1. The van der Waals surface area contributed by atoms with Gasteiger partial charge in [0, 0.05) is 30.5 Å². The van der Waals surface area contributed by atoms with Crippen LogP contribution in [0, 0.1) is 11.8 Å². The molecule has 0 aliphatic carbocycles. The highest BCUT2D eigenvalue weighted by atomic mass is 32.2. The summed E-state index contributed by atoms with van der Waals surface area (Å²) in [5, 5.41) is 4.43. The summed E-state index contributed by atoms with van der Waals surface area (Å²) in [6, 6.07) is 7.35. The Morgan fingerprint density at radius 2 is 2.03 bits per heavy atom. The van der Waals surface area contributed by atoms with Crippen molar-refractivity contribution in [3.8, 4) is 11.7 Å². The lowest BCUT2D eigenvalue weighted by Crippen LogP contribution is -2.44. The number of anilines is 1. The van der Waals surface area contributed by atoms with E-state index in [1.54, 1.807) is 23.0 Å². The maximum absolute atomic E-state index is 13.3. The normalized spacial score (nSPS) is 17.2. The molecule has 1 saturated heterocycles. The van der Waals surface area contributed by atoms with Gasteiger partial charge in [-0.25, -0.2) is 22.8 Å². The predicted molar refractivity (Wildman–Crippen MR) is 139 cm³/mol. The van der Waals surface area contributed by atoms with Crippen LogP contribution in [0.15, 0.2) is 52.4 Å². The van der Waals surface area contributed by atoms with Gasteiger partial charge in [-0.05, 0) is 56.4 Å². The van der Waals surface area contributed by atoms with Crippen molar-refractivity contribution < 1.29 is 17.9 Å². The lowest BCUT2D eigenvalue weighted by Gasteiger charge is -2.36. The highest BCUT2D eigenvalue weighted by Crippen LogP contribution is 2.39. The number of nitrogens with zero attached hydrogens (tertiary/aromatic N) is 4. The number of nitrogens with one attached hydrogen (secondary N) is 2. The minimum atomic E-state index is -4.41. The van der Waals surface area contributed by atoms with Gasteiger partial charge in [-0.2, -0.15) is 0 Å². The van der Waals surface area contributed by atoms with E-state index in [1.807, 2.05) is 23.5 Å². The molecule has 3 aromatic rings. The molecular weight excluding hydrogens is 496 g/mol. The zero-order chi connectivity index (χ0) is 27.0. The lowest BCUT2D eigenvalue weighted by atomic mass is 9.90. The third kappa shape index (κ3) is 5.38. The second-order valence-corrected chi connectivity index (χ2v) is 11.8. The molecule has 4 rings (SSSR count). The summed E-state index contributed by atoms with van der Waals surface area (Å²) >= 11 is 0. The number of hydrogen-bond donors (Lipinski definition) is 2. The van der Waals surface area contributed by atoms with Gasteiger partial charge >= 0.3 is 0 Å². The van der Waals surface area contributed by atoms with Gasteiger partial charge in [0.05, 0.1) is 12.2 Å². The van der Waals surface area contributed by atoms with Gasteiger partial charge in [0.15, 0.2) is 10.7 Å². The number of hydrogen-bond acceptors (Lipinski definition) is 8. The molecule has 11 nitrogen and oxygen atoms in total. The van der Waals surface area contributed by atoms with Crippen molar-refractivity contribution in [2.75, 3.05) is 18.1 Å². The summed E-state index contributed by atoms with van der Waals surface area (Å²) in [6.45, 7) is 11.5. The number of rotatable bonds is 8. The summed E-state index contributed by atoms with van der Waals surface area (Å²) in [5.41, 5.74) is -1.09. The van der Waals surface area contributed by atoms with Crippen molar-refractivity contribution in [1.82, 2.24) is 24.5 Å². The first-order chi connectivity index (χ1) is 17.4. The summed E-state index contributed by atoms with van der Waals surface area (Å²) in [7, 11) is -4.41. The van der Waals surface area contributed by atoms with Crippen LogP contribution >= 0.6 is 0 Å². The SMILES string of the molecule is CC(C)COc1ccn(-c2ccc(C(=O)NS(=O)(=O)c3ccc[nH]c3=O)c(N3CCC(C)C3(C)C)n2)n1. The molecule has 2 N–H and O–H groups in total. The summed E-state index contributed by atoms with van der Waals surface area (Å²) in [4.78, 5) is 33.9. The minimum absolute atomic E-state index is 0.0743. The number of aromatic nitrogens is 4. The number of carbonyl (C=O) groups is 1. The van der Waals surface area contributed by atoms with Crippen LogP contribution in [0.4, 0.5) is 5.82 Å². The number of carbonyl (C=O) groups excluding carboxylic acids is 1. The first-order valence-corrected chi connectivity index (χ1v) is 13.6. The topological polar surface area (TPSA) is 139 Å². The van der Waals surface area contributed by atoms with Gasteiger partial charge in [-0.3, -0.25) is 9.59 Å². The Hall–Kier alpha value is -3.67. The van der Waals surface area contributed by atoms with E-state index >= 15 is 0 Å². The molecule has 1 fully saturated rings. The molecule has 0 saturated carbocycles. The number of pyridine rings is 2. The highest BCUT2D eigenvalue weighted by molar-refractivity contribution is 7.90. The zero-order valence-electron chi connectivity index (χ0n) is 21.6. The predicted octanol–water partition coefficient (Wildman–Crippen LogP) is 2.73. The third-order valence-corrected chi connectivity index (χ3v) is 8.07. The van der Waals surface area contributed by atoms with Crippen LogP contribution in [0.5, 0.6) is 5.88 Å². The Labute approximate surface area is 215 Å². The van der Waals surface area contributed by atoms with Gasteiger partial charge in [-0.15, -0.1) is 5.10 Å². The molecule has 1 amide bonds. The van der Waals surface area contributed by atoms with E-state index in [-0.39, 0.29) is 11.1 Å². The monoisotopic (exact) mass is 528 g/mol. The maximum atomic E-state index is 13.3. The van der Waals surface area contributed by atoms with Crippen molar-refractivity contribution in [2.24, 2.45) is 11.8 Å². The fourth-order valence-corrected chi connectivity index (χ4v) is 5.20. The van der Waals surface area contributed by atoms with Crippen molar-refractivity contribution in [3.63, 3.8) is 0 Å². The second kappa shape index (κ2) is 10.0. The fourth-order valence-electron chi connectivity index (χ4n) is 4.17. The average Bonchev–Trinajstić information content (AvgIpc) is 3.41. The molecule has 37 heavy (non-hydrogen) atoms. The standard InChI is InChI=1S/C25H32N6O5S/c1-16(2)15-36-21-11-14-31(28-21)20-9-8-18(22(27-20)30-13-10-17(3)25(30,4)5)23(32)29-37(34,35)19-7-6-12-26-24(19)33/h6-9,11-12,14,16-17H,10,13,15H2,1-5H3,(H,26,33)(H,29,32). The summed E-state index contributed by atoms with van der Waals surface area (Å²) in [6.07, 6.45) is 3.91. The average molecular weight is 529 g/mol. The minimum Gasteiger partial charge on any atom is -0.476 e. The smallest absolute Gasteiger partial charge is 0.269 e. The van der Waals surface area contributed by atoms with E-state index in [9.17, 15) is 18.0 Å². The molecule has 1 aliphatic heterocycles. The molecule has 0 aromatic carbocycles. The number of sulfonamides is 1. The summed E-state index contributed by atoms with van der Waals surface area (Å²) < 4.78 is 34.9. The molecule has 3 aromatic heterocycles. The molecule has 1 aliphatic rings. The van der Waals surface area contributed by atoms with Gasteiger partial charge in [0.2, 0.25) is 5.88 Å². The van der Waals surface area contributed by atoms with Gasteiger partial charge in [0.1, 0.15) is 5.82 Å². The molecular formula is C25H32N6O5S. The molecule has 0 spiro atoms. The largest absolute Gasteiger partial charge is 0.476 e. The Morgan fingerprint density at radius 1 is 1.27 bits per heavy atom. The van der Waals surface area contributed by atoms with Crippen LogP contribution in [0.2, 0.25) is 0 Å². The van der Waals surface area contributed by atoms with Crippen LogP contribution in [-0.4, -0.2) is 52.8 Å². The maximum Gasteiger partial charge on any atom is 0.269 e. The van der Waals surface area contributed by atoms with E-state index in [0.717, 1.165) is 12.5 Å². The van der Waals surface area contributed by atoms with E-state index in [2.05, 4.69) is 30.9 Å². The van der Waals surface area contributed by atoms with Crippen molar-refractivity contribution in [1.29, 1.82) is 0 Å². The van der Waals surface area contributed by atoms with Crippen molar-refractivity contribution in [2.45, 2.75) is 51.5 Å². The van der Waals surface area contributed by atoms with Crippen LogP contribution in [0.1, 0.15) is 51.4 Å². The first-order valence-electron chi connectivity index (χ1n) is 12.1. The fraction of sp³-hybridized carbons (Fsp3) is 0.440. The molecule has 1 unspecified atom stereocenters. The van der Waals surface area contributed by atoms with Gasteiger partial charge in [-0.1, -0.05) is 20.8 Å². The van der Waals surface area contributed by atoms with Crippen LogP contribution in [0.25, 0.3) is 5.82 Å². The van der Waals surface area contributed by atoms with Crippen LogP contribution in [-0.2, 0) is 10.0 Å². The Bertz CT molecular complexity index is 1460. The van der Waals surface area contributed by atoms with Crippen molar-refractivity contribution >= 4 is 21.7 Å². The van der Waals surface area contributed by atoms with E-state index in [4.69, 9.17) is 9.72 Å². The lowest BCUT2D eigenvalue weighted by molar-refractivity contribution is 0.0981. The van der Waals surface area contributed by atoms with E-state index < -0.39 is 26.4 Å². The second-order valence-electron chi connectivity index (χ2n) is 10.1. The van der Waals surface area contributed by atoms with Crippen molar-refractivity contribution in [3.05, 3.63) is 58.6 Å². The zero-order valence-corrected chi connectivity index (χ0v) is 22.4. The molecule has 198 valence electrons. The Kier molecular flexibility index (Phi) is 7.13. The molecule has 12 heteroatoms. The van der Waals surface area contributed by atoms with Crippen LogP contribution in [0.3, 0.4) is 0 Å². The first kappa shape index (κ1) is 26.4. The molecule has 0 radical (unpaired) electrons. The Morgan fingerprint density at radius 3 is 2.68 bits per heavy atom. The number of amides is 1. The summed E-state index contributed by atoms with van der Waals surface area (Å²) in [5.74, 6) is 1.00. The molecule has 4 heterocycles. The quantitative estimate of drug-likeness (QED) is 0.455. The van der Waals surface area contributed by atoms with Gasteiger partial charge < -0.3 is 14.6 Å². The van der Waals surface area contributed by atoms with E-state index in [1.165, 1.54) is 18.3 Å².